The second-order valence-electron chi connectivity index (χ2n) is 5.11. The van der Waals surface area contributed by atoms with E-state index in [1.807, 2.05) is 18.3 Å². The summed E-state index contributed by atoms with van der Waals surface area (Å²) in [7, 11) is 0. The van der Waals surface area contributed by atoms with E-state index in [4.69, 9.17) is 4.74 Å². The van der Waals surface area contributed by atoms with Crippen LogP contribution in [0.4, 0.5) is 0 Å². The maximum atomic E-state index is 5.79. The van der Waals surface area contributed by atoms with Crippen molar-refractivity contribution in [3.63, 3.8) is 0 Å². The molecule has 1 aromatic carbocycles. The Morgan fingerprint density at radius 1 is 1.35 bits per heavy atom. The molecule has 1 aromatic heterocycles. The van der Waals surface area contributed by atoms with Crippen LogP contribution in [0.15, 0.2) is 30.5 Å². The number of hydrogen-bond donors (Lipinski definition) is 1. The SMILES string of the molecule is CCCNC(c1ccc(OC2CC2)cc1)c1cnsn1. The van der Waals surface area contributed by atoms with Crippen LogP contribution in [0.25, 0.3) is 0 Å². The third-order valence-electron chi connectivity index (χ3n) is 3.31. The van der Waals surface area contributed by atoms with Gasteiger partial charge in [0.05, 0.1) is 35.8 Å². The molecule has 1 unspecified atom stereocenters. The molecule has 1 aliphatic rings. The first-order valence-corrected chi connectivity index (χ1v) is 7.87. The molecule has 0 aliphatic heterocycles. The lowest BCUT2D eigenvalue weighted by Crippen LogP contribution is -2.23. The van der Waals surface area contributed by atoms with Crippen molar-refractivity contribution in [2.24, 2.45) is 0 Å². The molecule has 1 fully saturated rings. The van der Waals surface area contributed by atoms with Crippen molar-refractivity contribution < 1.29 is 4.74 Å². The number of nitrogens with zero attached hydrogens (tertiary/aromatic N) is 2. The number of rotatable bonds is 7. The molecule has 0 saturated heterocycles. The van der Waals surface area contributed by atoms with E-state index in [9.17, 15) is 0 Å². The lowest BCUT2D eigenvalue weighted by atomic mass is 10.0. The van der Waals surface area contributed by atoms with Crippen molar-refractivity contribution in [3.05, 3.63) is 41.7 Å². The van der Waals surface area contributed by atoms with Gasteiger partial charge >= 0.3 is 0 Å². The smallest absolute Gasteiger partial charge is 0.119 e. The fourth-order valence-electron chi connectivity index (χ4n) is 2.10. The zero-order chi connectivity index (χ0) is 13.8. The van der Waals surface area contributed by atoms with Gasteiger partial charge in [0, 0.05) is 0 Å². The second-order valence-corrected chi connectivity index (χ2v) is 5.66. The highest BCUT2D eigenvalue weighted by Gasteiger charge is 2.23. The Balaban J connectivity index is 1.75. The molecular weight excluding hydrogens is 270 g/mol. The Morgan fingerprint density at radius 3 is 2.75 bits per heavy atom. The number of hydrogen-bond acceptors (Lipinski definition) is 5. The summed E-state index contributed by atoms with van der Waals surface area (Å²) >= 11 is 1.25. The number of benzene rings is 1. The fraction of sp³-hybridized carbons (Fsp3) is 0.467. The lowest BCUT2D eigenvalue weighted by molar-refractivity contribution is 0.303. The van der Waals surface area contributed by atoms with Crippen LogP contribution in [0.5, 0.6) is 5.75 Å². The topological polar surface area (TPSA) is 47.0 Å². The molecule has 3 rings (SSSR count). The van der Waals surface area contributed by atoms with E-state index in [0.29, 0.717) is 6.10 Å². The highest BCUT2D eigenvalue weighted by atomic mass is 32.1. The van der Waals surface area contributed by atoms with Crippen LogP contribution in [0, 0.1) is 0 Å². The van der Waals surface area contributed by atoms with Gasteiger partial charge in [-0.15, -0.1) is 0 Å². The molecule has 4 nitrogen and oxygen atoms in total. The van der Waals surface area contributed by atoms with E-state index in [-0.39, 0.29) is 6.04 Å². The molecule has 0 radical (unpaired) electrons. The van der Waals surface area contributed by atoms with Crippen molar-refractivity contribution in [1.82, 2.24) is 14.1 Å². The van der Waals surface area contributed by atoms with Crippen molar-refractivity contribution in [2.45, 2.75) is 38.3 Å². The van der Waals surface area contributed by atoms with E-state index in [1.54, 1.807) is 0 Å². The lowest BCUT2D eigenvalue weighted by Gasteiger charge is -2.17. The van der Waals surface area contributed by atoms with Crippen molar-refractivity contribution in [3.8, 4) is 5.75 Å². The normalized spacial score (nSPS) is 16.1. The van der Waals surface area contributed by atoms with Gasteiger partial charge in [-0.3, -0.25) is 0 Å². The van der Waals surface area contributed by atoms with E-state index >= 15 is 0 Å². The monoisotopic (exact) mass is 289 g/mol. The van der Waals surface area contributed by atoms with Gasteiger partial charge in [0.15, 0.2) is 0 Å². The van der Waals surface area contributed by atoms with Crippen molar-refractivity contribution >= 4 is 11.7 Å². The summed E-state index contributed by atoms with van der Waals surface area (Å²) in [4.78, 5) is 0. The average Bonchev–Trinajstić information content (AvgIpc) is 3.12. The highest BCUT2D eigenvalue weighted by molar-refractivity contribution is 6.99. The summed E-state index contributed by atoms with van der Waals surface area (Å²) in [6, 6.07) is 8.44. The second kappa shape index (κ2) is 6.33. The minimum atomic E-state index is 0.115. The number of aromatic nitrogens is 2. The number of ether oxygens (including phenoxy) is 1. The van der Waals surface area contributed by atoms with Gasteiger partial charge in [-0.05, 0) is 43.5 Å². The Kier molecular flexibility index (Phi) is 4.28. The summed E-state index contributed by atoms with van der Waals surface area (Å²) in [5.74, 6) is 0.960. The summed E-state index contributed by atoms with van der Waals surface area (Å²) in [6.45, 7) is 3.12. The first kappa shape index (κ1) is 13.5. The molecule has 1 saturated carbocycles. The molecule has 1 aliphatic carbocycles. The molecule has 1 heterocycles. The third kappa shape index (κ3) is 3.35. The minimum absolute atomic E-state index is 0.115. The minimum Gasteiger partial charge on any atom is -0.490 e. The maximum Gasteiger partial charge on any atom is 0.119 e. The average molecular weight is 289 g/mol. The standard InChI is InChI=1S/C15H19N3OS/c1-2-9-16-15(14-10-17-20-18-14)11-3-5-12(6-4-11)19-13-7-8-13/h3-6,10,13,15-16H,2,7-9H2,1H3. The Morgan fingerprint density at radius 2 is 2.15 bits per heavy atom. The van der Waals surface area contributed by atoms with Crippen molar-refractivity contribution in [1.29, 1.82) is 0 Å². The van der Waals surface area contributed by atoms with Gasteiger partial charge in [-0.1, -0.05) is 19.1 Å². The molecule has 0 amide bonds. The van der Waals surface area contributed by atoms with E-state index in [1.165, 1.54) is 30.1 Å². The first-order chi connectivity index (χ1) is 9.86. The van der Waals surface area contributed by atoms with Gasteiger partial charge < -0.3 is 10.1 Å². The third-order valence-corrected chi connectivity index (χ3v) is 3.81. The molecule has 0 spiro atoms. The number of nitrogens with one attached hydrogen (secondary N) is 1. The summed E-state index contributed by atoms with van der Waals surface area (Å²) in [5, 5.41) is 3.52. The predicted molar refractivity (Wildman–Crippen MR) is 80.1 cm³/mol. The van der Waals surface area contributed by atoms with Crippen LogP contribution in [0.2, 0.25) is 0 Å². The van der Waals surface area contributed by atoms with Crippen LogP contribution >= 0.6 is 11.7 Å². The zero-order valence-electron chi connectivity index (χ0n) is 11.6. The zero-order valence-corrected chi connectivity index (χ0v) is 12.4. The highest BCUT2D eigenvalue weighted by Crippen LogP contribution is 2.28. The fourth-order valence-corrected chi connectivity index (χ4v) is 2.55. The van der Waals surface area contributed by atoms with Gasteiger partial charge in [-0.25, -0.2) is 0 Å². The Hall–Kier alpha value is -1.46. The molecule has 0 bridgehead atoms. The van der Waals surface area contributed by atoms with Crippen molar-refractivity contribution in [2.75, 3.05) is 6.54 Å². The molecule has 5 heteroatoms. The van der Waals surface area contributed by atoms with Gasteiger partial charge in [0.2, 0.25) is 0 Å². The summed E-state index contributed by atoms with van der Waals surface area (Å²) in [5.41, 5.74) is 2.19. The Bertz CT molecular complexity index is 523. The summed E-state index contributed by atoms with van der Waals surface area (Å²) in [6.07, 6.45) is 5.75. The van der Waals surface area contributed by atoms with E-state index in [0.717, 1.165) is 24.4 Å². The van der Waals surface area contributed by atoms with Crippen LogP contribution in [-0.2, 0) is 0 Å². The van der Waals surface area contributed by atoms with Crippen LogP contribution in [0.1, 0.15) is 43.5 Å². The molecule has 1 N–H and O–H groups in total. The molecule has 106 valence electrons. The van der Waals surface area contributed by atoms with Crippen LogP contribution in [-0.4, -0.2) is 21.4 Å². The van der Waals surface area contributed by atoms with Gasteiger partial charge in [0.1, 0.15) is 5.75 Å². The van der Waals surface area contributed by atoms with Gasteiger partial charge in [-0.2, -0.15) is 8.75 Å². The Labute approximate surface area is 123 Å². The van der Waals surface area contributed by atoms with Crippen LogP contribution in [0.3, 0.4) is 0 Å². The first-order valence-electron chi connectivity index (χ1n) is 7.14. The molecular formula is C15H19N3OS. The maximum absolute atomic E-state index is 5.79. The van der Waals surface area contributed by atoms with Gasteiger partial charge in [0.25, 0.3) is 0 Å². The van der Waals surface area contributed by atoms with E-state index < -0.39 is 0 Å². The van der Waals surface area contributed by atoms with E-state index in [2.05, 4.69) is 33.1 Å². The summed E-state index contributed by atoms with van der Waals surface area (Å²) < 4.78 is 14.3. The molecule has 2 aromatic rings. The largest absolute Gasteiger partial charge is 0.490 e. The molecule has 1 atom stereocenters. The predicted octanol–water partition coefficient (Wildman–Crippen LogP) is 3.17. The quantitative estimate of drug-likeness (QED) is 0.850. The molecule has 20 heavy (non-hydrogen) atoms. The van der Waals surface area contributed by atoms with Crippen LogP contribution < -0.4 is 10.1 Å².